The van der Waals surface area contributed by atoms with Crippen LogP contribution in [-0.2, 0) is 16.0 Å². The highest BCUT2D eigenvalue weighted by Gasteiger charge is 2.20. The quantitative estimate of drug-likeness (QED) is 0.376. The van der Waals surface area contributed by atoms with Crippen LogP contribution in [0.15, 0.2) is 41.4 Å². The summed E-state index contributed by atoms with van der Waals surface area (Å²) in [5.74, 6) is 0.888. The molecule has 3 aromatic rings. The number of hydrogen-bond acceptors (Lipinski definition) is 8. The van der Waals surface area contributed by atoms with Crippen molar-refractivity contribution in [1.82, 2.24) is 25.1 Å². The van der Waals surface area contributed by atoms with Gasteiger partial charge in [-0.1, -0.05) is 18.7 Å². The zero-order valence-corrected chi connectivity index (χ0v) is 18.5. The molecule has 0 aliphatic rings. The average Bonchev–Trinajstić information content (AvgIpc) is 3.19. The lowest BCUT2D eigenvalue weighted by Crippen LogP contribution is -2.26. The second-order valence-electron chi connectivity index (χ2n) is 6.56. The number of amides is 1. The van der Waals surface area contributed by atoms with Crippen molar-refractivity contribution in [3.05, 3.63) is 47.8 Å². The highest BCUT2D eigenvalue weighted by molar-refractivity contribution is 8.00. The molecule has 1 aromatic carbocycles. The second kappa shape index (κ2) is 10.8. The van der Waals surface area contributed by atoms with Gasteiger partial charge in [-0.2, -0.15) is 9.61 Å². The van der Waals surface area contributed by atoms with Gasteiger partial charge in [0.25, 0.3) is 5.91 Å². The lowest BCUT2D eigenvalue weighted by atomic mass is 10.2. The number of fused-ring (bicyclic) bond motifs is 1. The Hall–Kier alpha value is -3.14. The maximum absolute atomic E-state index is 12.3. The largest absolute Gasteiger partial charge is 0.497 e. The summed E-state index contributed by atoms with van der Waals surface area (Å²) in [5.41, 5.74) is 1.15. The molecule has 0 saturated carbocycles. The lowest BCUT2D eigenvalue weighted by molar-refractivity contribution is -0.142. The van der Waals surface area contributed by atoms with E-state index in [4.69, 9.17) is 9.47 Å². The first-order valence-electron chi connectivity index (χ1n) is 10.0. The third-order valence-corrected chi connectivity index (χ3v) is 5.74. The van der Waals surface area contributed by atoms with Crippen LogP contribution in [0, 0.1) is 0 Å². The Balaban J connectivity index is 1.63. The van der Waals surface area contributed by atoms with Crippen molar-refractivity contribution in [2.24, 2.45) is 0 Å². The van der Waals surface area contributed by atoms with Crippen LogP contribution < -0.4 is 10.1 Å². The van der Waals surface area contributed by atoms with E-state index < -0.39 is 0 Å². The highest BCUT2D eigenvalue weighted by atomic mass is 32.2. The zero-order valence-electron chi connectivity index (χ0n) is 17.7. The van der Waals surface area contributed by atoms with Gasteiger partial charge in [0.15, 0.2) is 11.5 Å². The molecule has 0 saturated heterocycles. The molecule has 0 spiro atoms. The fourth-order valence-corrected chi connectivity index (χ4v) is 3.74. The summed E-state index contributed by atoms with van der Waals surface area (Å²) in [5, 5.41) is 16.1. The molecule has 31 heavy (non-hydrogen) atoms. The first kappa shape index (κ1) is 22.5. The van der Waals surface area contributed by atoms with Crippen LogP contribution in [0.2, 0.25) is 0 Å². The van der Waals surface area contributed by atoms with Crippen LogP contribution in [0.3, 0.4) is 0 Å². The van der Waals surface area contributed by atoms with E-state index in [0.29, 0.717) is 53.8 Å². The minimum absolute atomic E-state index is 0.180. The van der Waals surface area contributed by atoms with Gasteiger partial charge in [-0.15, -0.1) is 10.2 Å². The van der Waals surface area contributed by atoms with Crippen LogP contribution in [0.1, 0.15) is 36.5 Å². The van der Waals surface area contributed by atoms with Crippen molar-refractivity contribution in [3.63, 3.8) is 0 Å². The molecule has 2 aromatic heterocycles. The summed E-state index contributed by atoms with van der Waals surface area (Å²) in [7, 11) is 1.58. The van der Waals surface area contributed by atoms with E-state index in [1.54, 1.807) is 48.9 Å². The number of methoxy groups -OCH3 is 1. The third kappa shape index (κ3) is 5.72. The molecule has 0 aliphatic heterocycles. The molecule has 0 aliphatic carbocycles. The molecule has 164 valence electrons. The Labute approximate surface area is 184 Å². The topological polar surface area (TPSA) is 108 Å². The molecule has 1 N–H and O–H groups in total. The monoisotopic (exact) mass is 443 g/mol. The van der Waals surface area contributed by atoms with E-state index in [1.165, 1.54) is 11.8 Å². The maximum Gasteiger partial charge on any atom is 0.319 e. The van der Waals surface area contributed by atoms with Crippen molar-refractivity contribution < 1.29 is 19.1 Å². The van der Waals surface area contributed by atoms with E-state index in [9.17, 15) is 9.59 Å². The van der Waals surface area contributed by atoms with E-state index in [0.717, 1.165) is 0 Å². The van der Waals surface area contributed by atoms with Crippen molar-refractivity contribution in [1.29, 1.82) is 0 Å². The molecule has 0 fully saturated rings. The predicted molar refractivity (Wildman–Crippen MR) is 116 cm³/mol. The fourth-order valence-electron chi connectivity index (χ4n) is 2.85. The van der Waals surface area contributed by atoms with Crippen molar-refractivity contribution in [2.45, 2.75) is 37.0 Å². The van der Waals surface area contributed by atoms with Crippen LogP contribution in [0.5, 0.6) is 5.75 Å². The SMILES string of the molecule is CCOC(=O)[C@@H](CC)Sc1ccc2nnc(CCNC(=O)c3ccc(OC)cc3)n2n1. The molecule has 0 unspecified atom stereocenters. The number of hydrogen-bond donors (Lipinski definition) is 1. The highest BCUT2D eigenvalue weighted by Crippen LogP contribution is 2.25. The summed E-state index contributed by atoms with van der Waals surface area (Å²) in [6.45, 7) is 4.45. The number of ether oxygens (including phenoxy) is 2. The lowest BCUT2D eigenvalue weighted by Gasteiger charge is -2.12. The van der Waals surface area contributed by atoms with Gasteiger partial charge in [-0.25, -0.2) is 0 Å². The van der Waals surface area contributed by atoms with Gasteiger partial charge in [-0.05, 0) is 49.7 Å². The molecular weight excluding hydrogens is 418 g/mol. The summed E-state index contributed by atoms with van der Waals surface area (Å²) in [6.07, 6.45) is 1.09. The molecule has 9 nitrogen and oxygen atoms in total. The van der Waals surface area contributed by atoms with Gasteiger partial charge < -0.3 is 14.8 Å². The molecule has 10 heteroatoms. The van der Waals surface area contributed by atoms with Crippen molar-refractivity contribution in [2.75, 3.05) is 20.3 Å². The van der Waals surface area contributed by atoms with Crippen molar-refractivity contribution in [3.8, 4) is 5.75 Å². The number of esters is 1. The summed E-state index contributed by atoms with van der Waals surface area (Å²) < 4.78 is 11.9. The number of thioether (sulfide) groups is 1. The van der Waals surface area contributed by atoms with Crippen LogP contribution >= 0.6 is 11.8 Å². The minimum Gasteiger partial charge on any atom is -0.497 e. The first-order valence-corrected chi connectivity index (χ1v) is 10.9. The molecule has 2 heterocycles. The second-order valence-corrected chi connectivity index (χ2v) is 7.78. The summed E-state index contributed by atoms with van der Waals surface area (Å²) in [4.78, 5) is 24.4. The van der Waals surface area contributed by atoms with Crippen molar-refractivity contribution >= 4 is 29.3 Å². The van der Waals surface area contributed by atoms with Gasteiger partial charge in [-0.3, -0.25) is 9.59 Å². The number of nitrogens with one attached hydrogen (secondary N) is 1. The molecule has 0 bridgehead atoms. The molecule has 0 radical (unpaired) electrons. The molecule has 1 atom stereocenters. The predicted octanol–water partition coefficient (Wildman–Crippen LogP) is 2.54. The van der Waals surface area contributed by atoms with E-state index in [1.807, 2.05) is 13.0 Å². The first-order chi connectivity index (χ1) is 15.0. The third-order valence-electron chi connectivity index (χ3n) is 4.47. The Morgan fingerprint density at radius 2 is 1.90 bits per heavy atom. The number of benzene rings is 1. The maximum atomic E-state index is 12.3. The van der Waals surface area contributed by atoms with Gasteiger partial charge in [0.05, 0.1) is 13.7 Å². The van der Waals surface area contributed by atoms with Crippen LogP contribution in [0.25, 0.3) is 5.65 Å². The zero-order chi connectivity index (χ0) is 22.2. The molecular formula is C21H25N5O4S. The summed E-state index contributed by atoms with van der Waals surface area (Å²) >= 11 is 1.35. The van der Waals surface area contributed by atoms with Crippen LogP contribution in [-0.4, -0.2) is 57.2 Å². The molecule has 1 amide bonds. The van der Waals surface area contributed by atoms with Gasteiger partial charge in [0.2, 0.25) is 0 Å². The number of nitrogens with zero attached hydrogens (tertiary/aromatic N) is 4. The van der Waals surface area contributed by atoms with E-state index in [2.05, 4.69) is 20.6 Å². The van der Waals surface area contributed by atoms with Gasteiger partial charge in [0.1, 0.15) is 16.0 Å². The minimum atomic E-state index is -0.325. The Bertz CT molecular complexity index is 1040. The molecule has 3 rings (SSSR count). The normalized spacial score (nSPS) is 11.8. The smallest absolute Gasteiger partial charge is 0.319 e. The average molecular weight is 444 g/mol. The fraction of sp³-hybridized carbons (Fsp3) is 0.381. The Kier molecular flexibility index (Phi) is 7.82. The Morgan fingerprint density at radius 3 is 2.58 bits per heavy atom. The number of carbonyl (C=O) groups excluding carboxylic acids is 2. The van der Waals surface area contributed by atoms with Crippen LogP contribution in [0.4, 0.5) is 0 Å². The van der Waals surface area contributed by atoms with Gasteiger partial charge in [0, 0.05) is 18.5 Å². The number of rotatable bonds is 10. The van der Waals surface area contributed by atoms with Gasteiger partial charge >= 0.3 is 5.97 Å². The Morgan fingerprint density at radius 1 is 1.13 bits per heavy atom. The number of aromatic nitrogens is 4. The van der Waals surface area contributed by atoms with E-state index >= 15 is 0 Å². The number of carbonyl (C=O) groups is 2. The van der Waals surface area contributed by atoms with E-state index in [-0.39, 0.29) is 17.1 Å². The standard InChI is InChI=1S/C21H25N5O4S/c1-4-16(21(28)30-5-2)31-19-11-10-17-23-24-18(26(17)25-19)12-13-22-20(27)14-6-8-15(29-3)9-7-14/h6-11,16H,4-5,12-13H2,1-3H3,(H,22,27)/t16-/m1/s1. The summed E-state index contributed by atoms with van der Waals surface area (Å²) in [6, 6.07) is 10.5.